The highest BCUT2D eigenvalue weighted by Gasteiger charge is 2.35. The molecule has 2 bridgehead atoms. The molecule has 0 aromatic heterocycles. The van der Waals surface area contributed by atoms with Crippen LogP contribution >= 0.6 is 0 Å². The van der Waals surface area contributed by atoms with Crippen molar-refractivity contribution in [2.75, 3.05) is 66.2 Å². The molecule has 3 aliphatic heterocycles. The fourth-order valence-corrected chi connectivity index (χ4v) is 4.20. The lowest BCUT2D eigenvalue weighted by molar-refractivity contribution is 0.0302. The molecule has 7 heteroatoms. The highest BCUT2D eigenvalue weighted by Crippen LogP contribution is 2.21. The highest BCUT2D eigenvalue weighted by atomic mass is 16.5. The Balaban J connectivity index is 1.48. The van der Waals surface area contributed by atoms with Crippen LogP contribution in [0.3, 0.4) is 0 Å². The van der Waals surface area contributed by atoms with E-state index >= 15 is 0 Å². The van der Waals surface area contributed by atoms with Gasteiger partial charge in [-0.25, -0.2) is 0 Å². The van der Waals surface area contributed by atoms with Crippen molar-refractivity contribution in [3.63, 3.8) is 0 Å². The van der Waals surface area contributed by atoms with Crippen LogP contribution in [0.4, 0.5) is 0 Å². The van der Waals surface area contributed by atoms with Gasteiger partial charge in [-0.3, -0.25) is 9.59 Å². The van der Waals surface area contributed by atoms with Crippen molar-refractivity contribution in [2.45, 2.75) is 6.04 Å². The van der Waals surface area contributed by atoms with E-state index in [2.05, 4.69) is 11.9 Å². The summed E-state index contributed by atoms with van der Waals surface area (Å²) < 4.78 is 11.1. The Kier molecular flexibility index (Phi) is 5.43. The Morgan fingerprint density at radius 3 is 2.26 bits per heavy atom. The van der Waals surface area contributed by atoms with Gasteiger partial charge >= 0.3 is 0 Å². The van der Waals surface area contributed by atoms with Crippen molar-refractivity contribution >= 4 is 11.8 Å². The molecule has 0 N–H and O–H groups in total. The van der Waals surface area contributed by atoms with Crippen molar-refractivity contribution < 1.29 is 19.1 Å². The zero-order chi connectivity index (χ0) is 18.8. The molecule has 0 spiro atoms. The van der Waals surface area contributed by atoms with E-state index in [1.165, 1.54) is 0 Å². The molecule has 0 aliphatic carbocycles. The van der Waals surface area contributed by atoms with E-state index in [4.69, 9.17) is 9.47 Å². The van der Waals surface area contributed by atoms with Gasteiger partial charge in [-0.2, -0.15) is 0 Å². The summed E-state index contributed by atoms with van der Waals surface area (Å²) >= 11 is 0. The second-order valence-corrected chi connectivity index (χ2v) is 7.72. The summed E-state index contributed by atoms with van der Waals surface area (Å²) in [7, 11) is 2.10. The summed E-state index contributed by atoms with van der Waals surface area (Å²) in [5.41, 5.74) is 1.25. The molecular formula is C20H27N3O4. The number of carbonyl (C=O) groups is 2. The number of carbonyl (C=O) groups excluding carboxylic acids is 2. The molecule has 4 rings (SSSR count). The predicted octanol–water partition coefficient (Wildman–Crippen LogP) is 0.562. The van der Waals surface area contributed by atoms with E-state index in [0.717, 1.165) is 19.6 Å². The lowest BCUT2D eigenvalue weighted by atomic mass is 10.1. The second-order valence-electron chi connectivity index (χ2n) is 7.72. The maximum absolute atomic E-state index is 13.1. The molecule has 2 atom stereocenters. The average molecular weight is 373 g/mol. The van der Waals surface area contributed by atoms with Gasteiger partial charge in [0.15, 0.2) is 0 Å². The van der Waals surface area contributed by atoms with E-state index in [-0.39, 0.29) is 17.9 Å². The molecule has 7 nitrogen and oxygen atoms in total. The first-order valence-corrected chi connectivity index (χ1v) is 9.66. The quantitative estimate of drug-likeness (QED) is 0.758. The number of amides is 2. The minimum atomic E-state index is -0.00190. The predicted molar refractivity (Wildman–Crippen MR) is 99.8 cm³/mol. The van der Waals surface area contributed by atoms with Gasteiger partial charge in [0.25, 0.3) is 11.8 Å². The van der Waals surface area contributed by atoms with Gasteiger partial charge in [-0.1, -0.05) is 0 Å². The molecule has 146 valence electrons. The molecule has 1 aromatic rings. The Labute approximate surface area is 159 Å². The second kappa shape index (κ2) is 7.96. The fraction of sp³-hybridized carbons (Fsp3) is 0.600. The maximum atomic E-state index is 13.1. The fourth-order valence-electron chi connectivity index (χ4n) is 4.20. The number of benzene rings is 1. The number of fused-ring (bicyclic) bond motifs is 3. The number of ether oxygens (including phenoxy) is 2. The van der Waals surface area contributed by atoms with Crippen LogP contribution in [0.1, 0.15) is 20.7 Å². The lowest BCUT2D eigenvalue weighted by Crippen LogP contribution is -2.46. The number of hydrogen-bond donors (Lipinski definition) is 0. The number of hydrogen-bond acceptors (Lipinski definition) is 5. The third-order valence-electron chi connectivity index (χ3n) is 5.59. The Hall–Kier alpha value is -1.96. The molecule has 0 unspecified atom stereocenters. The highest BCUT2D eigenvalue weighted by molar-refractivity contribution is 5.98. The monoisotopic (exact) mass is 373 g/mol. The van der Waals surface area contributed by atoms with Crippen molar-refractivity contribution in [1.82, 2.24) is 14.7 Å². The van der Waals surface area contributed by atoms with Gasteiger partial charge in [0.1, 0.15) is 0 Å². The van der Waals surface area contributed by atoms with Crippen molar-refractivity contribution in [3.8, 4) is 0 Å². The van der Waals surface area contributed by atoms with Crippen LogP contribution in [0.15, 0.2) is 24.3 Å². The van der Waals surface area contributed by atoms with Crippen LogP contribution in [0.25, 0.3) is 0 Å². The minimum absolute atomic E-state index is 0.00190. The molecule has 0 saturated carbocycles. The number of rotatable bonds is 2. The maximum Gasteiger partial charge on any atom is 0.254 e. The van der Waals surface area contributed by atoms with E-state index < -0.39 is 0 Å². The van der Waals surface area contributed by atoms with Gasteiger partial charge in [0.2, 0.25) is 0 Å². The number of nitrogens with zero attached hydrogens (tertiary/aromatic N) is 3. The smallest absolute Gasteiger partial charge is 0.254 e. The van der Waals surface area contributed by atoms with E-state index in [1.807, 2.05) is 4.90 Å². The van der Waals surface area contributed by atoms with Gasteiger partial charge in [-0.05, 0) is 31.3 Å². The lowest BCUT2D eigenvalue weighted by Gasteiger charge is -2.30. The topological polar surface area (TPSA) is 62.3 Å². The largest absolute Gasteiger partial charge is 0.379 e. The van der Waals surface area contributed by atoms with Gasteiger partial charge in [-0.15, -0.1) is 0 Å². The van der Waals surface area contributed by atoms with Crippen LogP contribution in [0.5, 0.6) is 0 Å². The number of likely N-dealkylation sites (N-methyl/N-ethyl adjacent to an activating group) is 1. The normalized spacial score (nSPS) is 26.6. The summed E-state index contributed by atoms with van der Waals surface area (Å²) in [6.07, 6.45) is 0. The molecule has 3 aliphatic rings. The SMILES string of the molecule is CN1C[C@@H]2COC[C@H](C1)N(C(=O)c1ccc(C(=O)N3CCOCC3)cc1)C2. The van der Waals surface area contributed by atoms with Gasteiger partial charge in [0.05, 0.1) is 32.5 Å². The third kappa shape index (κ3) is 4.00. The molecule has 0 radical (unpaired) electrons. The van der Waals surface area contributed by atoms with Crippen molar-refractivity contribution in [1.29, 1.82) is 0 Å². The first-order chi connectivity index (χ1) is 13.1. The summed E-state index contributed by atoms with van der Waals surface area (Å²) in [6, 6.07) is 7.14. The van der Waals surface area contributed by atoms with Crippen molar-refractivity contribution in [2.24, 2.45) is 5.92 Å². The van der Waals surface area contributed by atoms with Crippen molar-refractivity contribution in [3.05, 3.63) is 35.4 Å². The summed E-state index contributed by atoms with van der Waals surface area (Å²) in [6.45, 7) is 6.18. The first-order valence-electron chi connectivity index (χ1n) is 9.66. The van der Waals surface area contributed by atoms with E-state index in [0.29, 0.717) is 56.6 Å². The van der Waals surface area contributed by atoms with Crippen LogP contribution in [-0.4, -0.2) is 98.8 Å². The Bertz CT molecular complexity index is 687. The van der Waals surface area contributed by atoms with Crippen LogP contribution in [-0.2, 0) is 9.47 Å². The van der Waals surface area contributed by atoms with Crippen LogP contribution in [0, 0.1) is 5.92 Å². The summed E-state index contributed by atoms with van der Waals surface area (Å²) in [5.74, 6) is 0.364. The zero-order valence-corrected chi connectivity index (χ0v) is 15.8. The Morgan fingerprint density at radius 1 is 0.889 bits per heavy atom. The molecule has 3 fully saturated rings. The number of morpholine rings is 1. The minimum Gasteiger partial charge on any atom is -0.379 e. The third-order valence-corrected chi connectivity index (χ3v) is 5.59. The standard InChI is InChI=1S/C20H27N3O4/c1-21-10-15-11-23(18(12-21)14-27-13-15)20(25)17-4-2-16(3-5-17)19(24)22-6-8-26-9-7-22/h2-5,15,18H,6-14H2,1H3/t15-,18-/m0/s1. The van der Waals surface area contributed by atoms with E-state index in [9.17, 15) is 9.59 Å². The van der Waals surface area contributed by atoms with Gasteiger partial charge in [0, 0.05) is 49.8 Å². The van der Waals surface area contributed by atoms with Crippen LogP contribution in [0.2, 0.25) is 0 Å². The average Bonchev–Trinajstić information content (AvgIpc) is 2.98. The first kappa shape index (κ1) is 18.4. The molecule has 3 saturated heterocycles. The van der Waals surface area contributed by atoms with E-state index in [1.54, 1.807) is 29.2 Å². The molecule has 3 heterocycles. The van der Waals surface area contributed by atoms with Crippen LogP contribution < -0.4 is 0 Å². The summed E-state index contributed by atoms with van der Waals surface area (Å²) in [5, 5.41) is 0. The molecular weight excluding hydrogens is 346 g/mol. The Morgan fingerprint density at radius 2 is 1.56 bits per heavy atom. The molecule has 27 heavy (non-hydrogen) atoms. The molecule has 2 amide bonds. The zero-order valence-electron chi connectivity index (χ0n) is 15.8. The molecule has 1 aromatic carbocycles. The van der Waals surface area contributed by atoms with Gasteiger partial charge < -0.3 is 24.2 Å². The summed E-state index contributed by atoms with van der Waals surface area (Å²) in [4.78, 5) is 31.7.